The molecule has 2 rings (SSSR count). The van der Waals surface area contributed by atoms with Gasteiger partial charge >= 0.3 is 0 Å². The van der Waals surface area contributed by atoms with E-state index in [1.807, 2.05) is 39.8 Å². The van der Waals surface area contributed by atoms with Gasteiger partial charge in [-0.3, -0.25) is 14.7 Å². The lowest BCUT2D eigenvalue weighted by atomic mass is 9.96. The molecule has 0 bridgehead atoms. The highest BCUT2D eigenvalue weighted by Crippen LogP contribution is 2.14. The summed E-state index contributed by atoms with van der Waals surface area (Å²) in [5, 5.41) is 9.72. The lowest BCUT2D eigenvalue weighted by Crippen LogP contribution is -2.48. The Morgan fingerprint density at radius 3 is 2.37 bits per heavy atom. The molecule has 1 heterocycles. The van der Waals surface area contributed by atoms with Crippen LogP contribution in [0.4, 0.5) is 4.39 Å². The molecule has 1 amide bonds. The Morgan fingerprint density at radius 2 is 1.80 bits per heavy atom. The molecular weight excluding hydrogens is 496 g/mol. The van der Waals surface area contributed by atoms with E-state index in [9.17, 15) is 9.18 Å². The van der Waals surface area contributed by atoms with Crippen molar-refractivity contribution in [1.29, 1.82) is 0 Å². The van der Waals surface area contributed by atoms with E-state index in [2.05, 4.69) is 25.8 Å². The van der Waals surface area contributed by atoms with E-state index in [1.54, 1.807) is 0 Å². The zero-order valence-corrected chi connectivity index (χ0v) is 21.0. The third kappa shape index (κ3) is 9.59. The largest absolute Gasteiger partial charge is 0.357 e. The van der Waals surface area contributed by atoms with Crippen LogP contribution in [0.3, 0.4) is 0 Å². The summed E-state index contributed by atoms with van der Waals surface area (Å²) in [5.74, 6) is 0.651. The molecule has 0 saturated carbocycles. The number of carbonyl (C=O) groups is 1. The minimum absolute atomic E-state index is 0. The molecular formula is C22H37FIN5O. The average Bonchev–Trinajstić information content (AvgIpc) is 2.67. The fraction of sp³-hybridized carbons (Fsp3) is 0.636. The monoisotopic (exact) mass is 533 g/mol. The molecule has 0 unspecified atom stereocenters. The number of halogens is 2. The molecule has 3 N–H and O–H groups in total. The van der Waals surface area contributed by atoms with Crippen molar-refractivity contribution in [2.45, 2.75) is 53.1 Å². The number of hydrogen-bond donors (Lipinski definition) is 3. The molecule has 1 aliphatic rings. The normalized spacial score (nSPS) is 16.0. The van der Waals surface area contributed by atoms with E-state index in [-0.39, 0.29) is 41.1 Å². The van der Waals surface area contributed by atoms with Gasteiger partial charge in [0.1, 0.15) is 5.82 Å². The van der Waals surface area contributed by atoms with Gasteiger partial charge in [0.25, 0.3) is 0 Å². The summed E-state index contributed by atoms with van der Waals surface area (Å²) >= 11 is 0. The molecule has 0 aromatic heterocycles. The molecule has 30 heavy (non-hydrogen) atoms. The minimum atomic E-state index is -0.381. The number of nitrogens with one attached hydrogen (secondary N) is 3. The maximum atomic E-state index is 13.0. The number of carbonyl (C=O) groups excluding carboxylic acids is 1. The van der Waals surface area contributed by atoms with Gasteiger partial charge in [-0.15, -0.1) is 24.0 Å². The fourth-order valence-corrected chi connectivity index (χ4v) is 3.20. The second-order valence-electron chi connectivity index (χ2n) is 8.59. The highest BCUT2D eigenvalue weighted by Gasteiger charge is 2.21. The van der Waals surface area contributed by atoms with Gasteiger partial charge in [0.15, 0.2) is 5.96 Å². The van der Waals surface area contributed by atoms with Crippen LogP contribution in [0, 0.1) is 11.2 Å². The van der Waals surface area contributed by atoms with E-state index in [1.165, 1.54) is 12.1 Å². The van der Waals surface area contributed by atoms with E-state index < -0.39 is 0 Å². The summed E-state index contributed by atoms with van der Waals surface area (Å²) in [4.78, 5) is 18.9. The molecule has 0 aliphatic carbocycles. The van der Waals surface area contributed by atoms with Crippen molar-refractivity contribution >= 4 is 35.8 Å². The van der Waals surface area contributed by atoms with Gasteiger partial charge in [0, 0.05) is 44.2 Å². The van der Waals surface area contributed by atoms with Crippen molar-refractivity contribution in [3.05, 3.63) is 35.6 Å². The Kier molecular flexibility index (Phi) is 11.6. The number of nitrogens with zero attached hydrogens (tertiary/aromatic N) is 2. The number of benzene rings is 1. The first-order valence-electron chi connectivity index (χ1n) is 10.6. The van der Waals surface area contributed by atoms with Crippen LogP contribution >= 0.6 is 24.0 Å². The maximum absolute atomic E-state index is 13.0. The molecule has 0 atom stereocenters. The van der Waals surface area contributed by atoms with Gasteiger partial charge in [-0.25, -0.2) is 4.39 Å². The average molecular weight is 533 g/mol. The molecule has 1 fully saturated rings. The SMILES string of the molecule is CCNC(=NCCNC(=O)C(C)(C)C)NC1CCN(Cc2ccc(F)cc2)CC1.I. The number of piperidine rings is 1. The van der Waals surface area contributed by atoms with E-state index >= 15 is 0 Å². The highest BCUT2D eigenvalue weighted by atomic mass is 127. The van der Waals surface area contributed by atoms with Crippen molar-refractivity contribution in [3.8, 4) is 0 Å². The van der Waals surface area contributed by atoms with Gasteiger partial charge in [-0.2, -0.15) is 0 Å². The van der Waals surface area contributed by atoms with E-state index in [0.717, 1.165) is 50.5 Å². The predicted molar refractivity (Wildman–Crippen MR) is 132 cm³/mol. The van der Waals surface area contributed by atoms with Crippen molar-refractivity contribution in [2.75, 3.05) is 32.7 Å². The van der Waals surface area contributed by atoms with Crippen LogP contribution in [0.1, 0.15) is 46.1 Å². The third-order valence-corrected chi connectivity index (χ3v) is 4.94. The number of amides is 1. The Balaban J connectivity index is 0.00000450. The summed E-state index contributed by atoms with van der Waals surface area (Å²) in [6.45, 7) is 12.5. The first-order valence-corrected chi connectivity index (χ1v) is 10.6. The zero-order chi connectivity index (χ0) is 21.3. The summed E-state index contributed by atoms with van der Waals surface area (Å²) in [6.07, 6.45) is 2.07. The van der Waals surface area contributed by atoms with Gasteiger partial charge < -0.3 is 16.0 Å². The number of likely N-dealkylation sites (tertiary alicyclic amines) is 1. The van der Waals surface area contributed by atoms with Crippen LogP contribution in [0.5, 0.6) is 0 Å². The molecule has 170 valence electrons. The smallest absolute Gasteiger partial charge is 0.225 e. The van der Waals surface area contributed by atoms with E-state index in [4.69, 9.17) is 0 Å². The third-order valence-electron chi connectivity index (χ3n) is 4.94. The van der Waals surface area contributed by atoms with Gasteiger partial charge in [-0.1, -0.05) is 32.9 Å². The lowest BCUT2D eigenvalue weighted by molar-refractivity contribution is -0.128. The summed E-state index contributed by atoms with van der Waals surface area (Å²) in [7, 11) is 0. The Hall–Kier alpha value is -1.42. The number of aliphatic imine (C=N–C) groups is 1. The Bertz CT molecular complexity index is 667. The van der Waals surface area contributed by atoms with Crippen molar-refractivity contribution in [1.82, 2.24) is 20.9 Å². The molecule has 1 aromatic carbocycles. The second kappa shape index (κ2) is 13.1. The summed E-state index contributed by atoms with van der Waals surface area (Å²) in [6, 6.07) is 7.13. The summed E-state index contributed by atoms with van der Waals surface area (Å²) in [5.41, 5.74) is 0.763. The van der Waals surface area contributed by atoms with Crippen LogP contribution < -0.4 is 16.0 Å². The van der Waals surface area contributed by atoms with E-state index in [0.29, 0.717) is 19.1 Å². The molecule has 1 aliphatic heterocycles. The molecule has 1 aromatic rings. The quantitative estimate of drug-likeness (QED) is 0.218. The fourth-order valence-electron chi connectivity index (χ4n) is 3.20. The van der Waals surface area contributed by atoms with Crippen LogP contribution in [0.2, 0.25) is 0 Å². The predicted octanol–water partition coefficient (Wildman–Crippen LogP) is 3.13. The topological polar surface area (TPSA) is 68.8 Å². The summed E-state index contributed by atoms with van der Waals surface area (Å²) < 4.78 is 13.0. The molecule has 0 spiro atoms. The second-order valence-corrected chi connectivity index (χ2v) is 8.59. The minimum Gasteiger partial charge on any atom is -0.357 e. The highest BCUT2D eigenvalue weighted by molar-refractivity contribution is 14.0. The van der Waals surface area contributed by atoms with Crippen molar-refractivity contribution in [3.63, 3.8) is 0 Å². The zero-order valence-electron chi connectivity index (χ0n) is 18.6. The first kappa shape index (κ1) is 26.6. The van der Waals surface area contributed by atoms with Crippen LogP contribution in [-0.2, 0) is 11.3 Å². The van der Waals surface area contributed by atoms with Crippen LogP contribution in [-0.4, -0.2) is 55.5 Å². The number of rotatable bonds is 7. The molecule has 8 heteroatoms. The maximum Gasteiger partial charge on any atom is 0.225 e. The Labute approximate surface area is 197 Å². The van der Waals surface area contributed by atoms with Crippen molar-refractivity contribution < 1.29 is 9.18 Å². The van der Waals surface area contributed by atoms with Crippen LogP contribution in [0.25, 0.3) is 0 Å². The standard InChI is InChI=1S/C22H36FN5O.HI/c1-5-24-21(26-13-12-25-20(29)22(2,3)4)27-19-10-14-28(15-11-19)16-17-6-8-18(23)9-7-17;/h6-9,19H,5,10-16H2,1-4H3,(H,25,29)(H2,24,26,27);1H. The molecule has 0 radical (unpaired) electrons. The van der Waals surface area contributed by atoms with Crippen molar-refractivity contribution in [2.24, 2.45) is 10.4 Å². The Morgan fingerprint density at radius 1 is 1.17 bits per heavy atom. The lowest BCUT2D eigenvalue weighted by Gasteiger charge is -2.33. The first-order chi connectivity index (χ1) is 13.8. The van der Waals surface area contributed by atoms with Gasteiger partial charge in [0.2, 0.25) is 5.91 Å². The van der Waals surface area contributed by atoms with Gasteiger partial charge in [-0.05, 0) is 37.5 Å². The molecule has 1 saturated heterocycles. The van der Waals surface area contributed by atoms with Crippen LogP contribution in [0.15, 0.2) is 29.3 Å². The molecule has 6 nitrogen and oxygen atoms in total. The van der Waals surface area contributed by atoms with Gasteiger partial charge in [0.05, 0.1) is 6.54 Å². The number of guanidine groups is 1. The number of hydrogen-bond acceptors (Lipinski definition) is 3.